The van der Waals surface area contributed by atoms with Gasteiger partial charge in [-0.15, -0.1) is 22.7 Å². The van der Waals surface area contributed by atoms with Gasteiger partial charge in [0.2, 0.25) is 0 Å². The van der Waals surface area contributed by atoms with Crippen LogP contribution in [-0.4, -0.2) is 26.9 Å². The van der Waals surface area contributed by atoms with Crippen molar-refractivity contribution in [3.05, 3.63) is 57.9 Å². The van der Waals surface area contributed by atoms with Crippen LogP contribution in [-0.2, 0) is 0 Å². The van der Waals surface area contributed by atoms with Crippen molar-refractivity contribution in [2.24, 2.45) is 0 Å². The normalized spacial score (nSPS) is 12.8. The zero-order valence-electron chi connectivity index (χ0n) is 12.9. The summed E-state index contributed by atoms with van der Waals surface area (Å²) in [6.45, 7) is 2.17. The van der Waals surface area contributed by atoms with Gasteiger partial charge in [0.15, 0.2) is 4.96 Å². The number of aliphatic hydroxyl groups is 1. The molecular weight excluding hydrogens is 342 g/mol. The first-order valence-corrected chi connectivity index (χ1v) is 9.19. The fraction of sp³-hybridized carbons (Fsp3) is 0.176. The maximum atomic E-state index is 12.3. The van der Waals surface area contributed by atoms with Gasteiger partial charge in [0.25, 0.3) is 5.91 Å². The molecule has 1 aromatic carbocycles. The molecular formula is C17H15N3O2S2. The Labute approximate surface area is 146 Å². The minimum absolute atomic E-state index is 0.179. The number of nitrogens with one attached hydrogen (secondary N) is 1. The van der Waals surface area contributed by atoms with Crippen molar-refractivity contribution in [1.29, 1.82) is 0 Å². The van der Waals surface area contributed by atoms with Gasteiger partial charge in [-0.3, -0.25) is 9.20 Å². The van der Waals surface area contributed by atoms with E-state index >= 15 is 0 Å². The van der Waals surface area contributed by atoms with E-state index in [2.05, 4.69) is 10.3 Å². The maximum absolute atomic E-state index is 12.3. The van der Waals surface area contributed by atoms with Crippen LogP contribution in [0.1, 0.15) is 26.9 Å². The van der Waals surface area contributed by atoms with E-state index in [0.29, 0.717) is 4.88 Å². The SMILES string of the molecule is Cc1ccc([C@H](O)CNC(=O)c2cc3c(nc4sccn43)s2)cc1. The van der Waals surface area contributed by atoms with E-state index in [4.69, 9.17) is 0 Å². The molecule has 0 saturated heterocycles. The molecule has 0 aliphatic rings. The second kappa shape index (κ2) is 6.01. The molecule has 0 aliphatic heterocycles. The van der Waals surface area contributed by atoms with E-state index < -0.39 is 6.10 Å². The van der Waals surface area contributed by atoms with Crippen molar-refractivity contribution in [2.75, 3.05) is 6.54 Å². The molecule has 4 rings (SSSR count). The molecule has 3 heterocycles. The van der Waals surface area contributed by atoms with Crippen molar-refractivity contribution in [3.8, 4) is 0 Å². The first kappa shape index (κ1) is 15.3. The summed E-state index contributed by atoms with van der Waals surface area (Å²) in [6, 6.07) is 9.49. The summed E-state index contributed by atoms with van der Waals surface area (Å²) in [5.74, 6) is -0.187. The lowest BCUT2D eigenvalue weighted by molar-refractivity contribution is 0.0920. The van der Waals surface area contributed by atoms with Crippen LogP contribution in [0.15, 0.2) is 41.9 Å². The molecule has 4 aromatic rings. The number of thiazole rings is 1. The van der Waals surface area contributed by atoms with Crippen LogP contribution in [0.2, 0.25) is 0 Å². The van der Waals surface area contributed by atoms with Crippen LogP contribution >= 0.6 is 22.7 Å². The van der Waals surface area contributed by atoms with Crippen molar-refractivity contribution in [3.63, 3.8) is 0 Å². The largest absolute Gasteiger partial charge is 0.387 e. The predicted molar refractivity (Wildman–Crippen MR) is 96.9 cm³/mol. The van der Waals surface area contributed by atoms with Crippen molar-refractivity contribution < 1.29 is 9.90 Å². The highest BCUT2D eigenvalue weighted by atomic mass is 32.1. The smallest absolute Gasteiger partial charge is 0.261 e. The summed E-state index contributed by atoms with van der Waals surface area (Å²) < 4.78 is 1.98. The predicted octanol–water partition coefficient (Wildman–Crippen LogP) is 3.38. The van der Waals surface area contributed by atoms with Gasteiger partial charge in [0, 0.05) is 18.1 Å². The third-order valence-electron chi connectivity index (χ3n) is 3.88. The molecule has 5 nitrogen and oxygen atoms in total. The van der Waals surface area contributed by atoms with Crippen LogP contribution in [0, 0.1) is 6.92 Å². The van der Waals surface area contributed by atoms with Gasteiger partial charge in [-0.05, 0) is 18.6 Å². The third kappa shape index (κ3) is 2.71. The monoisotopic (exact) mass is 357 g/mol. The number of fused-ring (bicyclic) bond motifs is 3. The first-order valence-electron chi connectivity index (χ1n) is 7.50. The van der Waals surface area contributed by atoms with Crippen molar-refractivity contribution in [2.45, 2.75) is 13.0 Å². The maximum Gasteiger partial charge on any atom is 0.261 e. The van der Waals surface area contributed by atoms with Crippen LogP contribution < -0.4 is 5.32 Å². The molecule has 0 fully saturated rings. The molecule has 2 N–H and O–H groups in total. The summed E-state index contributed by atoms with van der Waals surface area (Å²) in [6.07, 6.45) is 1.23. The molecule has 0 saturated carbocycles. The molecule has 122 valence electrons. The molecule has 0 spiro atoms. The zero-order valence-corrected chi connectivity index (χ0v) is 14.5. The Morgan fingerprint density at radius 1 is 1.38 bits per heavy atom. The Hall–Kier alpha value is -2.22. The summed E-state index contributed by atoms with van der Waals surface area (Å²) in [7, 11) is 0. The van der Waals surface area contributed by atoms with Gasteiger partial charge in [-0.1, -0.05) is 29.8 Å². The molecule has 3 aromatic heterocycles. The summed E-state index contributed by atoms with van der Waals surface area (Å²) in [5.41, 5.74) is 2.88. The fourth-order valence-electron chi connectivity index (χ4n) is 2.54. The number of hydrogen-bond donors (Lipinski definition) is 2. The molecule has 1 amide bonds. The number of hydrogen-bond acceptors (Lipinski definition) is 5. The number of carbonyl (C=O) groups excluding carboxylic acids is 1. The van der Waals surface area contributed by atoms with E-state index in [0.717, 1.165) is 26.4 Å². The topological polar surface area (TPSA) is 66.6 Å². The number of amides is 1. The number of aryl methyl sites for hydroxylation is 1. The Morgan fingerprint density at radius 3 is 2.96 bits per heavy atom. The number of carbonyl (C=O) groups is 1. The highest BCUT2D eigenvalue weighted by Crippen LogP contribution is 2.28. The second-order valence-corrected chi connectivity index (χ2v) is 7.51. The number of thiophene rings is 1. The average molecular weight is 357 g/mol. The molecule has 24 heavy (non-hydrogen) atoms. The molecule has 7 heteroatoms. The van der Waals surface area contributed by atoms with Gasteiger partial charge >= 0.3 is 0 Å². The van der Waals surface area contributed by atoms with Gasteiger partial charge < -0.3 is 10.4 Å². The lowest BCUT2D eigenvalue weighted by Crippen LogP contribution is -2.27. The molecule has 0 aliphatic carbocycles. The highest BCUT2D eigenvalue weighted by molar-refractivity contribution is 7.21. The number of aromatic nitrogens is 2. The Morgan fingerprint density at radius 2 is 2.17 bits per heavy atom. The lowest BCUT2D eigenvalue weighted by Gasteiger charge is -2.12. The van der Waals surface area contributed by atoms with E-state index in [9.17, 15) is 9.90 Å². The zero-order chi connectivity index (χ0) is 16.7. The van der Waals surface area contributed by atoms with Gasteiger partial charge in [-0.25, -0.2) is 4.98 Å². The average Bonchev–Trinajstić information content (AvgIpc) is 3.24. The number of benzene rings is 1. The number of nitrogens with zero attached hydrogens (tertiary/aromatic N) is 2. The Balaban J connectivity index is 1.47. The van der Waals surface area contributed by atoms with Gasteiger partial charge in [0.1, 0.15) is 4.83 Å². The standard InChI is InChI=1S/C17H15N3O2S2/c1-10-2-4-11(5-3-10)13(21)9-18-15(22)14-8-12-16(24-14)19-17-20(12)6-7-23-17/h2-8,13,21H,9H2,1H3,(H,18,22)/t13-/m1/s1. The fourth-order valence-corrected chi connectivity index (χ4v) is 4.26. The summed E-state index contributed by atoms with van der Waals surface area (Å²) in [5, 5.41) is 15.0. The molecule has 0 radical (unpaired) electrons. The summed E-state index contributed by atoms with van der Waals surface area (Å²) >= 11 is 2.94. The molecule has 0 bridgehead atoms. The van der Waals surface area contributed by atoms with Crippen molar-refractivity contribution in [1.82, 2.24) is 14.7 Å². The number of aliphatic hydroxyl groups excluding tert-OH is 1. The lowest BCUT2D eigenvalue weighted by atomic mass is 10.1. The second-order valence-electron chi connectivity index (χ2n) is 5.60. The van der Waals surface area contributed by atoms with E-state index in [1.54, 1.807) is 11.3 Å². The number of imidazole rings is 1. The molecule has 0 unspecified atom stereocenters. The van der Waals surface area contributed by atoms with Crippen LogP contribution in [0.3, 0.4) is 0 Å². The van der Waals surface area contributed by atoms with E-state index in [1.807, 2.05) is 53.2 Å². The minimum Gasteiger partial charge on any atom is -0.387 e. The highest BCUT2D eigenvalue weighted by Gasteiger charge is 2.16. The quantitative estimate of drug-likeness (QED) is 0.588. The first-order chi connectivity index (χ1) is 11.6. The summed E-state index contributed by atoms with van der Waals surface area (Å²) in [4.78, 5) is 19.2. The molecule has 1 atom stereocenters. The van der Waals surface area contributed by atoms with E-state index in [1.165, 1.54) is 11.3 Å². The number of rotatable bonds is 4. The minimum atomic E-state index is -0.719. The van der Waals surface area contributed by atoms with Gasteiger partial charge in [-0.2, -0.15) is 0 Å². The van der Waals surface area contributed by atoms with Gasteiger partial charge in [0.05, 0.1) is 16.5 Å². The van der Waals surface area contributed by atoms with Crippen molar-refractivity contribution >= 4 is 43.9 Å². The Bertz CT molecular complexity index is 1010. The van der Waals surface area contributed by atoms with Crippen LogP contribution in [0.5, 0.6) is 0 Å². The Kier molecular flexibility index (Phi) is 3.84. The van der Waals surface area contributed by atoms with E-state index in [-0.39, 0.29) is 12.5 Å². The van der Waals surface area contributed by atoms with Crippen LogP contribution in [0.25, 0.3) is 15.3 Å². The van der Waals surface area contributed by atoms with Crippen LogP contribution in [0.4, 0.5) is 0 Å². The third-order valence-corrected chi connectivity index (χ3v) is 5.66.